The molecule has 0 aromatic carbocycles. The molecule has 1 aliphatic heterocycles. The van der Waals surface area contributed by atoms with Crippen LogP contribution in [0.4, 0.5) is 13.2 Å². The summed E-state index contributed by atoms with van der Waals surface area (Å²) >= 11 is 0. The molecule has 4 nitrogen and oxygen atoms in total. The van der Waals surface area contributed by atoms with Gasteiger partial charge in [-0.3, -0.25) is 4.18 Å². The van der Waals surface area contributed by atoms with Crippen LogP contribution in [0.5, 0.6) is 0 Å². The molecular formula is C11H18F3NO3S. The molecule has 0 aromatic rings. The molecule has 4 unspecified atom stereocenters. The third kappa shape index (κ3) is 3.22. The molecule has 19 heavy (non-hydrogen) atoms. The zero-order valence-corrected chi connectivity index (χ0v) is 11.4. The van der Waals surface area contributed by atoms with Gasteiger partial charge in [0.2, 0.25) is 0 Å². The Labute approximate surface area is 110 Å². The Balaban J connectivity index is 2.08. The minimum Gasteiger partial charge on any atom is -0.311 e. The summed E-state index contributed by atoms with van der Waals surface area (Å²) in [4.78, 5) is 0. The van der Waals surface area contributed by atoms with Crippen molar-refractivity contribution in [3.63, 3.8) is 0 Å². The predicted molar refractivity (Wildman–Crippen MR) is 62.8 cm³/mol. The van der Waals surface area contributed by atoms with Gasteiger partial charge in [0.25, 0.3) is 0 Å². The normalized spacial score (nSPS) is 36.8. The molecule has 1 saturated heterocycles. The van der Waals surface area contributed by atoms with Crippen molar-refractivity contribution in [2.75, 3.05) is 0 Å². The summed E-state index contributed by atoms with van der Waals surface area (Å²) in [6.07, 6.45) is 2.58. The molecule has 2 aliphatic rings. The smallest absolute Gasteiger partial charge is 0.311 e. The standard InChI is InChI=1S/C11H18F3NO3S/c1-7-5-6-8-9(15-7)3-2-4-10(8)18-19(16,17)11(12,13)14/h7-10,15H,2-6H2,1H3. The summed E-state index contributed by atoms with van der Waals surface area (Å²) in [6, 6.07) is 0.380. The number of halogens is 3. The minimum absolute atomic E-state index is 0.0610. The van der Waals surface area contributed by atoms with Gasteiger partial charge < -0.3 is 5.32 Å². The Morgan fingerprint density at radius 3 is 2.47 bits per heavy atom. The summed E-state index contributed by atoms with van der Waals surface area (Å²) in [7, 11) is -5.49. The summed E-state index contributed by atoms with van der Waals surface area (Å²) in [5, 5.41) is 3.32. The molecule has 1 heterocycles. The van der Waals surface area contributed by atoms with Crippen LogP contribution >= 0.6 is 0 Å². The zero-order chi connectivity index (χ0) is 14.3. The maximum Gasteiger partial charge on any atom is 0.523 e. The second-order valence-electron chi connectivity index (χ2n) is 5.38. The molecule has 0 radical (unpaired) electrons. The van der Waals surface area contributed by atoms with Crippen molar-refractivity contribution < 1.29 is 25.8 Å². The summed E-state index contributed by atoms with van der Waals surface area (Å²) in [5.41, 5.74) is -5.34. The van der Waals surface area contributed by atoms with Crippen LogP contribution in [0.2, 0.25) is 0 Å². The number of rotatable bonds is 2. The fourth-order valence-electron chi connectivity index (χ4n) is 3.05. The number of piperidine rings is 1. The monoisotopic (exact) mass is 301 g/mol. The van der Waals surface area contributed by atoms with Crippen molar-refractivity contribution in [1.29, 1.82) is 0 Å². The second kappa shape index (κ2) is 5.21. The molecule has 2 fully saturated rings. The van der Waals surface area contributed by atoms with Gasteiger partial charge in [-0.25, -0.2) is 0 Å². The molecule has 112 valence electrons. The number of fused-ring (bicyclic) bond motifs is 1. The zero-order valence-electron chi connectivity index (χ0n) is 10.6. The van der Waals surface area contributed by atoms with Crippen LogP contribution in [0.15, 0.2) is 0 Å². The molecule has 4 atom stereocenters. The van der Waals surface area contributed by atoms with E-state index in [0.717, 1.165) is 12.8 Å². The first-order valence-electron chi connectivity index (χ1n) is 6.46. The van der Waals surface area contributed by atoms with Crippen LogP contribution in [-0.4, -0.2) is 32.1 Å². The highest BCUT2D eigenvalue weighted by Crippen LogP contribution is 2.37. The van der Waals surface area contributed by atoms with E-state index in [9.17, 15) is 21.6 Å². The van der Waals surface area contributed by atoms with Crippen molar-refractivity contribution in [1.82, 2.24) is 5.32 Å². The molecule has 1 N–H and O–H groups in total. The first kappa shape index (κ1) is 15.1. The van der Waals surface area contributed by atoms with Crippen molar-refractivity contribution in [3.8, 4) is 0 Å². The Morgan fingerprint density at radius 1 is 1.16 bits per heavy atom. The van der Waals surface area contributed by atoms with Crippen LogP contribution < -0.4 is 5.32 Å². The summed E-state index contributed by atoms with van der Waals surface area (Å²) in [6.45, 7) is 2.02. The van der Waals surface area contributed by atoms with E-state index >= 15 is 0 Å². The minimum atomic E-state index is -5.49. The van der Waals surface area contributed by atoms with E-state index in [4.69, 9.17) is 0 Å². The maximum atomic E-state index is 12.3. The topological polar surface area (TPSA) is 55.4 Å². The quantitative estimate of drug-likeness (QED) is 0.627. The average Bonchev–Trinajstić information content (AvgIpc) is 2.26. The lowest BCUT2D eigenvalue weighted by molar-refractivity contribution is -0.0638. The summed E-state index contributed by atoms with van der Waals surface area (Å²) in [5.74, 6) is -0.151. The molecule has 0 amide bonds. The molecule has 0 aromatic heterocycles. The van der Waals surface area contributed by atoms with Gasteiger partial charge in [0, 0.05) is 18.0 Å². The van der Waals surface area contributed by atoms with Crippen molar-refractivity contribution in [2.24, 2.45) is 5.92 Å². The molecule has 8 heteroatoms. The van der Waals surface area contributed by atoms with Crippen LogP contribution in [0.25, 0.3) is 0 Å². The highest BCUT2D eigenvalue weighted by atomic mass is 32.2. The van der Waals surface area contributed by atoms with Crippen LogP contribution in [-0.2, 0) is 14.3 Å². The highest BCUT2D eigenvalue weighted by molar-refractivity contribution is 7.87. The van der Waals surface area contributed by atoms with Gasteiger partial charge in [0.1, 0.15) is 0 Å². The second-order valence-corrected chi connectivity index (χ2v) is 6.94. The molecule has 2 rings (SSSR count). The van der Waals surface area contributed by atoms with E-state index in [0.29, 0.717) is 25.3 Å². The van der Waals surface area contributed by atoms with Gasteiger partial charge in [-0.05, 0) is 39.0 Å². The number of alkyl halides is 3. The van der Waals surface area contributed by atoms with E-state index in [1.54, 1.807) is 0 Å². The predicted octanol–water partition coefficient (Wildman–Crippen LogP) is 2.16. The Bertz CT molecular complexity index is 423. The number of nitrogens with one attached hydrogen (secondary N) is 1. The first-order valence-corrected chi connectivity index (χ1v) is 7.87. The lowest BCUT2D eigenvalue weighted by Crippen LogP contribution is -2.53. The van der Waals surface area contributed by atoms with E-state index in [1.165, 1.54) is 0 Å². The first-order chi connectivity index (χ1) is 8.71. The fraction of sp³-hybridized carbons (Fsp3) is 1.00. The van der Waals surface area contributed by atoms with Crippen LogP contribution in [0, 0.1) is 5.92 Å². The molecular weight excluding hydrogens is 283 g/mol. The van der Waals surface area contributed by atoms with Crippen molar-refractivity contribution in [3.05, 3.63) is 0 Å². The van der Waals surface area contributed by atoms with Crippen LogP contribution in [0.3, 0.4) is 0 Å². The lowest BCUT2D eigenvalue weighted by Gasteiger charge is -2.43. The molecule has 0 bridgehead atoms. The average molecular weight is 301 g/mol. The fourth-order valence-corrected chi connectivity index (χ4v) is 3.72. The van der Waals surface area contributed by atoms with Crippen LogP contribution in [0.1, 0.15) is 39.0 Å². The van der Waals surface area contributed by atoms with Crippen molar-refractivity contribution in [2.45, 2.75) is 62.7 Å². The number of hydrogen-bond donors (Lipinski definition) is 1. The van der Waals surface area contributed by atoms with Gasteiger partial charge in [-0.1, -0.05) is 0 Å². The van der Waals surface area contributed by atoms with E-state index in [-0.39, 0.29) is 12.0 Å². The maximum absolute atomic E-state index is 12.3. The van der Waals surface area contributed by atoms with Gasteiger partial charge >= 0.3 is 15.6 Å². The Hall–Kier alpha value is -0.340. The molecule has 1 saturated carbocycles. The third-order valence-electron chi connectivity index (χ3n) is 3.96. The molecule has 1 aliphatic carbocycles. The van der Waals surface area contributed by atoms with Gasteiger partial charge in [0.15, 0.2) is 0 Å². The largest absolute Gasteiger partial charge is 0.523 e. The Morgan fingerprint density at radius 2 is 1.84 bits per heavy atom. The lowest BCUT2D eigenvalue weighted by atomic mass is 9.76. The third-order valence-corrected chi connectivity index (χ3v) is 5.03. The summed E-state index contributed by atoms with van der Waals surface area (Å²) < 4.78 is 63.7. The van der Waals surface area contributed by atoms with E-state index in [2.05, 4.69) is 9.50 Å². The van der Waals surface area contributed by atoms with Gasteiger partial charge in [-0.2, -0.15) is 21.6 Å². The number of hydrogen-bond acceptors (Lipinski definition) is 4. The Kier molecular flexibility index (Phi) is 4.13. The van der Waals surface area contributed by atoms with E-state index in [1.807, 2.05) is 6.92 Å². The van der Waals surface area contributed by atoms with Gasteiger partial charge in [-0.15, -0.1) is 0 Å². The van der Waals surface area contributed by atoms with Crippen molar-refractivity contribution >= 4 is 10.1 Å². The highest BCUT2D eigenvalue weighted by Gasteiger charge is 2.50. The van der Waals surface area contributed by atoms with E-state index < -0.39 is 21.7 Å². The SMILES string of the molecule is CC1CCC2C(CCCC2OS(=O)(=O)C(F)(F)F)N1. The molecule has 0 spiro atoms. The van der Waals surface area contributed by atoms with Gasteiger partial charge in [0.05, 0.1) is 6.10 Å².